The van der Waals surface area contributed by atoms with Crippen molar-refractivity contribution in [2.75, 3.05) is 0 Å². The number of hydrogen-bond donors (Lipinski definition) is 1. The van der Waals surface area contributed by atoms with E-state index >= 15 is 0 Å². The van der Waals surface area contributed by atoms with Gasteiger partial charge in [0.25, 0.3) is 5.56 Å². The molecule has 4 rings (SSSR count). The summed E-state index contributed by atoms with van der Waals surface area (Å²) in [6.45, 7) is 0. The van der Waals surface area contributed by atoms with E-state index in [9.17, 15) is 9.59 Å². The fourth-order valence-electron chi connectivity index (χ4n) is 2.24. The van der Waals surface area contributed by atoms with Crippen LogP contribution in [0.25, 0.3) is 27.1 Å². The molecule has 23 heavy (non-hydrogen) atoms. The first kappa shape index (κ1) is 14.3. The van der Waals surface area contributed by atoms with Gasteiger partial charge in [-0.05, 0) is 12.1 Å². The highest BCUT2D eigenvalue weighted by Crippen LogP contribution is 2.31. The summed E-state index contributed by atoms with van der Waals surface area (Å²) in [5.74, 6) is 0. The average molecular weight is 366 g/mol. The number of fused-ring (bicyclic) bond motifs is 2. The monoisotopic (exact) mass is 365 g/mol. The third-order valence-corrected chi connectivity index (χ3v) is 4.77. The van der Waals surface area contributed by atoms with E-state index in [4.69, 9.17) is 23.2 Å². The van der Waals surface area contributed by atoms with Gasteiger partial charge in [-0.15, -0.1) is 11.3 Å². The van der Waals surface area contributed by atoms with E-state index in [1.807, 2.05) is 0 Å². The van der Waals surface area contributed by atoms with Crippen molar-refractivity contribution in [2.24, 2.45) is 0 Å². The minimum absolute atomic E-state index is 0.00512. The van der Waals surface area contributed by atoms with Crippen molar-refractivity contribution in [1.29, 1.82) is 0 Å². The lowest BCUT2D eigenvalue weighted by Crippen LogP contribution is -2.34. The summed E-state index contributed by atoms with van der Waals surface area (Å²) in [5.41, 5.74) is 1.31. The Morgan fingerprint density at radius 1 is 1.17 bits per heavy atom. The summed E-state index contributed by atoms with van der Waals surface area (Å²) < 4.78 is 1.62. The molecule has 0 aliphatic carbocycles. The lowest BCUT2D eigenvalue weighted by atomic mass is 10.3. The third-order valence-electron chi connectivity index (χ3n) is 3.24. The van der Waals surface area contributed by atoms with Crippen molar-refractivity contribution in [3.05, 3.63) is 54.9 Å². The highest BCUT2D eigenvalue weighted by molar-refractivity contribution is 7.17. The summed E-state index contributed by atoms with van der Waals surface area (Å²) in [6.07, 6.45) is 1.24. The van der Waals surface area contributed by atoms with Crippen molar-refractivity contribution < 1.29 is 0 Å². The van der Waals surface area contributed by atoms with Gasteiger partial charge in [0.1, 0.15) is 5.15 Å². The van der Waals surface area contributed by atoms with Crippen LogP contribution in [0.15, 0.2) is 33.4 Å². The predicted molar refractivity (Wildman–Crippen MR) is 89.0 cm³/mol. The van der Waals surface area contributed by atoms with Crippen LogP contribution in [-0.4, -0.2) is 24.5 Å². The fourth-order valence-corrected chi connectivity index (χ4v) is 3.48. The largest absolute Gasteiger partial charge is 0.334 e. The van der Waals surface area contributed by atoms with E-state index in [0.29, 0.717) is 10.2 Å². The minimum atomic E-state index is -0.676. The van der Waals surface area contributed by atoms with Crippen molar-refractivity contribution in [1.82, 2.24) is 24.5 Å². The van der Waals surface area contributed by atoms with E-state index in [-0.39, 0.29) is 27.0 Å². The molecule has 0 spiro atoms. The molecule has 0 aliphatic rings. The van der Waals surface area contributed by atoms with Crippen LogP contribution in [0.5, 0.6) is 0 Å². The quantitative estimate of drug-likeness (QED) is 0.558. The van der Waals surface area contributed by atoms with Gasteiger partial charge in [-0.1, -0.05) is 23.2 Å². The molecule has 7 nitrogen and oxygen atoms in total. The van der Waals surface area contributed by atoms with Gasteiger partial charge in [0.15, 0.2) is 11.2 Å². The number of benzene rings is 1. The van der Waals surface area contributed by atoms with E-state index in [2.05, 4.69) is 19.9 Å². The van der Waals surface area contributed by atoms with Crippen LogP contribution < -0.4 is 11.2 Å². The molecule has 10 heteroatoms. The number of rotatable bonds is 1. The molecular formula is C13H5Cl2N5O2S. The third kappa shape index (κ3) is 2.14. The van der Waals surface area contributed by atoms with Crippen LogP contribution in [0, 0.1) is 0 Å². The molecular weight excluding hydrogens is 361 g/mol. The molecule has 1 aromatic carbocycles. The smallest absolute Gasteiger partial charge is 0.289 e. The highest BCUT2D eigenvalue weighted by Gasteiger charge is 2.16. The van der Waals surface area contributed by atoms with E-state index in [0.717, 1.165) is 4.57 Å². The Hall–Kier alpha value is -2.29. The Bertz CT molecular complexity index is 1200. The average Bonchev–Trinajstić information content (AvgIpc) is 2.98. The van der Waals surface area contributed by atoms with Gasteiger partial charge in [0.2, 0.25) is 0 Å². The number of nitrogens with zero attached hydrogens (tertiary/aromatic N) is 4. The number of aromatic nitrogens is 5. The molecule has 3 heterocycles. The van der Waals surface area contributed by atoms with Gasteiger partial charge < -0.3 is 0 Å². The van der Waals surface area contributed by atoms with Gasteiger partial charge in [0, 0.05) is 0 Å². The Morgan fingerprint density at radius 2 is 2.00 bits per heavy atom. The molecule has 0 atom stereocenters. The lowest BCUT2D eigenvalue weighted by molar-refractivity contribution is 0.890. The van der Waals surface area contributed by atoms with Gasteiger partial charge in [-0.3, -0.25) is 9.78 Å². The lowest BCUT2D eigenvalue weighted by Gasteiger charge is -2.08. The Morgan fingerprint density at radius 3 is 2.83 bits per heavy atom. The van der Waals surface area contributed by atoms with Gasteiger partial charge in [-0.2, -0.15) is 0 Å². The van der Waals surface area contributed by atoms with Crippen molar-refractivity contribution in [2.45, 2.75) is 0 Å². The molecule has 0 amide bonds. The maximum absolute atomic E-state index is 12.6. The van der Waals surface area contributed by atoms with Crippen molar-refractivity contribution >= 4 is 55.9 Å². The normalized spacial score (nSPS) is 11.4. The fraction of sp³-hybridized carbons (Fsp3) is 0. The molecule has 0 saturated carbocycles. The second-order valence-corrected chi connectivity index (χ2v) is 6.18. The molecule has 3 aromatic heterocycles. The van der Waals surface area contributed by atoms with Gasteiger partial charge in [-0.25, -0.2) is 24.3 Å². The first-order valence-electron chi connectivity index (χ1n) is 6.26. The molecule has 1 N–H and O–H groups in total. The van der Waals surface area contributed by atoms with Gasteiger partial charge in [0.05, 0.1) is 32.6 Å². The molecule has 0 bridgehead atoms. The summed E-state index contributed by atoms with van der Waals surface area (Å²) in [7, 11) is 0. The first-order valence-corrected chi connectivity index (χ1v) is 7.89. The zero-order valence-corrected chi connectivity index (χ0v) is 13.4. The van der Waals surface area contributed by atoms with Crippen LogP contribution >= 0.6 is 34.5 Å². The summed E-state index contributed by atoms with van der Waals surface area (Å²) in [5, 5.41) is 0.355. The number of H-pyrrole nitrogens is 1. The van der Waals surface area contributed by atoms with Crippen LogP contribution in [0.3, 0.4) is 0 Å². The second-order valence-electron chi connectivity index (χ2n) is 4.56. The SMILES string of the molecule is O=c1[nH]c2nc(Cl)cnc2c(=O)n1-c1ccc2ncsc2c1Cl. The number of nitrogens with one attached hydrogen (secondary N) is 1. The summed E-state index contributed by atoms with van der Waals surface area (Å²) in [4.78, 5) is 39.4. The number of thiazole rings is 1. The number of aromatic amines is 1. The predicted octanol–water partition coefficient (Wildman–Crippen LogP) is 2.39. The molecule has 114 valence electrons. The molecule has 0 fully saturated rings. The van der Waals surface area contributed by atoms with E-state index in [1.165, 1.54) is 17.5 Å². The molecule has 4 aromatic rings. The topological polar surface area (TPSA) is 93.5 Å². The Labute approximate surface area is 141 Å². The summed E-state index contributed by atoms with van der Waals surface area (Å²) >= 11 is 13.4. The van der Waals surface area contributed by atoms with Crippen molar-refractivity contribution in [3.8, 4) is 5.69 Å². The van der Waals surface area contributed by atoms with Crippen LogP contribution in [0.2, 0.25) is 10.2 Å². The zero-order chi connectivity index (χ0) is 16.1. The molecule has 0 radical (unpaired) electrons. The van der Waals surface area contributed by atoms with Gasteiger partial charge >= 0.3 is 5.69 Å². The number of halogens is 2. The maximum atomic E-state index is 12.6. The van der Waals surface area contributed by atoms with Crippen LogP contribution in [-0.2, 0) is 0 Å². The van der Waals surface area contributed by atoms with Crippen LogP contribution in [0.4, 0.5) is 0 Å². The zero-order valence-electron chi connectivity index (χ0n) is 11.1. The Kier molecular flexibility index (Phi) is 3.19. The second kappa shape index (κ2) is 5.12. The standard InChI is InChI=1S/C13H5Cl2N5O2S/c14-7-3-16-9-11(18-7)19-13(22)20(12(9)21)6-2-1-5-10(8(6)15)23-4-17-5/h1-4H,(H,18,19,22). The molecule has 0 aliphatic heterocycles. The van der Waals surface area contributed by atoms with E-state index in [1.54, 1.807) is 17.6 Å². The van der Waals surface area contributed by atoms with E-state index < -0.39 is 11.2 Å². The minimum Gasteiger partial charge on any atom is -0.289 e. The van der Waals surface area contributed by atoms with Crippen molar-refractivity contribution in [3.63, 3.8) is 0 Å². The Balaban J connectivity index is 2.12. The number of hydrogen-bond acceptors (Lipinski definition) is 6. The maximum Gasteiger partial charge on any atom is 0.334 e. The summed E-state index contributed by atoms with van der Waals surface area (Å²) in [6, 6.07) is 3.26. The molecule has 0 unspecified atom stereocenters. The first-order chi connectivity index (χ1) is 11.1. The highest BCUT2D eigenvalue weighted by atomic mass is 35.5. The molecule has 0 saturated heterocycles. The van der Waals surface area contributed by atoms with Crippen LogP contribution in [0.1, 0.15) is 0 Å².